The van der Waals surface area contributed by atoms with Crippen LogP contribution in [0.5, 0.6) is 0 Å². The van der Waals surface area contributed by atoms with E-state index in [9.17, 15) is 14.4 Å². The summed E-state index contributed by atoms with van der Waals surface area (Å²) in [6.07, 6.45) is 1.10. The van der Waals surface area contributed by atoms with E-state index in [0.717, 1.165) is 5.56 Å². The summed E-state index contributed by atoms with van der Waals surface area (Å²) in [7, 11) is 0. The van der Waals surface area contributed by atoms with E-state index in [1.54, 1.807) is 19.2 Å². The van der Waals surface area contributed by atoms with Gasteiger partial charge in [-0.05, 0) is 58.4 Å². The molecule has 0 spiro atoms. The first-order valence-electron chi connectivity index (χ1n) is 8.66. The fraction of sp³-hybridized carbons (Fsp3) is 0.611. The van der Waals surface area contributed by atoms with E-state index >= 15 is 0 Å². The number of carbonyl (C=O) groups is 3. The number of nitrogens with one attached hydrogen (secondary N) is 2. The van der Waals surface area contributed by atoms with Crippen LogP contribution in [0.1, 0.15) is 56.5 Å². The van der Waals surface area contributed by atoms with Gasteiger partial charge in [-0.2, -0.15) is 0 Å². The van der Waals surface area contributed by atoms with E-state index in [0.29, 0.717) is 23.4 Å². The number of urea groups is 1. The second-order valence-electron chi connectivity index (χ2n) is 7.34. The number of amides is 2. The lowest BCUT2D eigenvalue weighted by molar-refractivity contribution is -0.163. The van der Waals surface area contributed by atoms with Gasteiger partial charge in [0.1, 0.15) is 10.6 Å². The van der Waals surface area contributed by atoms with Crippen molar-refractivity contribution in [3.63, 3.8) is 0 Å². The van der Waals surface area contributed by atoms with Crippen LogP contribution in [-0.4, -0.2) is 36.2 Å². The van der Waals surface area contributed by atoms with Gasteiger partial charge in [0.05, 0.1) is 18.1 Å². The molecule has 1 fully saturated rings. The van der Waals surface area contributed by atoms with E-state index in [1.165, 1.54) is 11.3 Å². The van der Waals surface area contributed by atoms with Gasteiger partial charge in [0, 0.05) is 6.04 Å². The second kappa shape index (κ2) is 8.07. The molecule has 2 rings (SSSR count). The van der Waals surface area contributed by atoms with Gasteiger partial charge in [-0.15, -0.1) is 11.3 Å². The largest absolute Gasteiger partial charge is 0.462 e. The highest BCUT2D eigenvalue weighted by Gasteiger charge is 2.38. The molecule has 144 valence electrons. The Morgan fingerprint density at radius 3 is 2.50 bits per heavy atom. The Labute approximate surface area is 157 Å². The van der Waals surface area contributed by atoms with Gasteiger partial charge >= 0.3 is 18.0 Å². The molecular formula is C18H26N2O5S. The summed E-state index contributed by atoms with van der Waals surface area (Å²) in [6.45, 7) is 9.29. The van der Waals surface area contributed by atoms with E-state index in [-0.39, 0.29) is 24.5 Å². The summed E-state index contributed by atoms with van der Waals surface area (Å²) in [5, 5.41) is 7.78. The molecule has 1 aromatic heterocycles. The molecular weight excluding hydrogens is 356 g/mol. The van der Waals surface area contributed by atoms with Crippen molar-refractivity contribution >= 4 is 34.3 Å². The van der Waals surface area contributed by atoms with Crippen LogP contribution in [0.4, 0.5) is 9.80 Å². The highest BCUT2D eigenvalue weighted by atomic mass is 32.1. The number of hydrogen-bond donors (Lipinski definition) is 2. The fourth-order valence-corrected chi connectivity index (χ4v) is 3.56. The van der Waals surface area contributed by atoms with Crippen LogP contribution >= 0.6 is 11.3 Å². The zero-order chi connectivity index (χ0) is 19.5. The second-order valence-corrected chi connectivity index (χ2v) is 8.22. The Bertz CT molecular complexity index is 686. The number of hydrogen-bond acceptors (Lipinski definition) is 6. The van der Waals surface area contributed by atoms with E-state index in [2.05, 4.69) is 10.6 Å². The van der Waals surface area contributed by atoms with Gasteiger partial charge in [-0.3, -0.25) is 10.1 Å². The highest BCUT2D eigenvalue weighted by Crippen LogP contribution is 2.31. The number of carbonyl (C=O) groups excluding carboxylic acids is 3. The van der Waals surface area contributed by atoms with Crippen LogP contribution in [0, 0.1) is 12.8 Å². The van der Waals surface area contributed by atoms with Crippen LogP contribution in [0.25, 0.3) is 0 Å². The minimum absolute atomic E-state index is 0.0837. The molecule has 1 aliphatic rings. The van der Waals surface area contributed by atoms with Crippen molar-refractivity contribution in [3.8, 4) is 0 Å². The Hall–Kier alpha value is -2.09. The molecule has 0 aromatic carbocycles. The van der Waals surface area contributed by atoms with Crippen molar-refractivity contribution in [2.75, 3.05) is 11.9 Å². The standard InChI is InChI=1S/C18H26N2O5S/c1-6-24-16(22)13-10(2)9-26-14(13)20-17(23)19-12-7-11(8-12)15(21)25-18(3,4)5/h9,11-12H,6-8H2,1-5H3,(H2,19,20,23). The third-order valence-corrected chi connectivity index (χ3v) is 4.91. The molecule has 2 N–H and O–H groups in total. The number of esters is 2. The fourth-order valence-electron chi connectivity index (χ4n) is 2.63. The van der Waals surface area contributed by atoms with Gasteiger partial charge in [0.15, 0.2) is 0 Å². The molecule has 1 aromatic rings. The third-order valence-electron chi connectivity index (χ3n) is 3.89. The van der Waals surface area contributed by atoms with Crippen LogP contribution in [-0.2, 0) is 14.3 Å². The SMILES string of the molecule is CCOC(=O)c1c(C)csc1NC(=O)NC1CC(C(=O)OC(C)(C)C)C1. The number of aryl methyl sites for hydroxylation is 1. The molecule has 0 bridgehead atoms. The van der Waals surface area contributed by atoms with Crippen LogP contribution in [0.15, 0.2) is 5.38 Å². The quantitative estimate of drug-likeness (QED) is 0.761. The Kier molecular flexibility index (Phi) is 6.28. The molecule has 0 unspecified atom stereocenters. The van der Waals surface area contributed by atoms with Crippen molar-refractivity contribution in [1.29, 1.82) is 0 Å². The van der Waals surface area contributed by atoms with E-state index in [1.807, 2.05) is 20.8 Å². The molecule has 1 aliphatic carbocycles. The smallest absolute Gasteiger partial charge is 0.341 e. The monoisotopic (exact) mass is 382 g/mol. The van der Waals surface area contributed by atoms with Crippen LogP contribution in [0.2, 0.25) is 0 Å². The van der Waals surface area contributed by atoms with E-state index in [4.69, 9.17) is 9.47 Å². The molecule has 7 nitrogen and oxygen atoms in total. The lowest BCUT2D eigenvalue weighted by atomic mass is 9.80. The van der Waals surface area contributed by atoms with Gasteiger partial charge in [0.2, 0.25) is 0 Å². The highest BCUT2D eigenvalue weighted by molar-refractivity contribution is 7.15. The van der Waals surface area contributed by atoms with Crippen molar-refractivity contribution < 1.29 is 23.9 Å². The average molecular weight is 382 g/mol. The normalized spacial score (nSPS) is 19.3. The van der Waals surface area contributed by atoms with Crippen molar-refractivity contribution in [3.05, 3.63) is 16.5 Å². The molecule has 1 saturated carbocycles. The summed E-state index contributed by atoms with van der Waals surface area (Å²) in [5.74, 6) is -0.858. The van der Waals surface area contributed by atoms with Crippen molar-refractivity contribution in [2.24, 2.45) is 5.92 Å². The first kappa shape index (κ1) is 20.2. The summed E-state index contributed by atoms with van der Waals surface area (Å²) < 4.78 is 10.4. The number of thiophene rings is 1. The maximum absolute atomic E-state index is 12.2. The molecule has 0 atom stereocenters. The number of ether oxygens (including phenoxy) is 2. The lowest BCUT2D eigenvalue weighted by Crippen LogP contribution is -2.49. The van der Waals surface area contributed by atoms with Crippen LogP contribution < -0.4 is 10.6 Å². The predicted molar refractivity (Wildman–Crippen MR) is 99.5 cm³/mol. The average Bonchev–Trinajstić information content (AvgIpc) is 2.81. The molecule has 8 heteroatoms. The maximum Gasteiger partial charge on any atom is 0.341 e. The Morgan fingerprint density at radius 2 is 1.92 bits per heavy atom. The van der Waals surface area contributed by atoms with Gasteiger partial charge in [-0.25, -0.2) is 9.59 Å². The zero-order valence-electron chi connectivity index (χ0n) is 15.8. The first-order chi connectivity index (χ1) is 12.1. The molecule has 0 radical (unpaired) electrons. The summed E-state index contributed by atoms with van der Waals surface area (Å²) >= 11 is 1.28. The minimum Gasteiger partial charge on any atom is -0.462 e. The minimum atomic E-state index is -0.506. The van der Waals surface area contributed by atoms with E-state index < -0.39 is 17.6 Å². The zero-order valence-corrected chi connectivity index (χ0v) is 16.6. The van der Waals surface area contributed by atoms with Gasteiger partial charge in [-0.1, -0.05) is 0 Å². The Balaban J connectivity index is 1.84. The number of anilines is 1. The van der Waals surface area contributed by atoms with Crippen molar-refractivity contribution in [2.45, 2.75) is 59.1 Å². The maximum atomic E-state index is 12.2. The Morgan fingerprint density at radius 1 is 1.27 bits per heavy atom. The molecule has 0 aliphatic heterocycles. The van der Waals surface area contributed by atoms with Gasteiger partial charge < -0.3 is 14.8 Å². The van der Waals surface area contributed by atoms with Crippen molar-refractivity contribution in [1.82, 2.24) is 5.32 Å². The van der Waals surface area contributed by atoms with Gasteiger partial charge in [0.25, 0.3) is 0 Å². The topological polar surface area (TPSA) is 93.7 Å². The molecule has 2 amide bonds. The summed E-state index contributed by atoms with van der Waals surface area (Å²) in [6, 6.07) is -0.482. The van der Waals surface area contributed by atoms with Crippen LogP contribution in [0.3, 0.4) is 0 Å². The summed E-state index contributed by atoms with van der Waals surface area (Å²) in [4.78, 5) is 36.1. The summed E-state index contributed by atoms with van der Waals surface area (Å²) in [5.41, 5.74) is 0.637. The third kappa shape index (κ3) is 5.20. The lowest BCUT2D eigenvalue weighted by Gasteiger charge is -2.35. The first-order valence-corrected chi connectivity index (χ1v) is 9.54. The molecule has 0 saturated heterocycles. The predicted octanol–water partition coefficient (Wildman–Crippen LogP) is 3.48. The molecule has 26 heavy (non-hydrogen) atoms. The number of rotatable bonds is 5. The molecule has 1 heterocycles.